The molecule has 0 spiro atoms. The lowest BCUT2D eigenvalue weighted by atomic mass is 10.2. The molecule has 0 fully saturated rings. The van der Waals surface area contributed by atoms with Gasteiger partial charge in [0.2, 0.25) is 0 Å². The Kier molecular flexibility index (Phi) is 3.76. The first-order valence-electron chi connectivity index (χ1n) is 8.06. The Hall–Kier alpha value is -3.48. The highest BCUT2D eigenvalue weighted by molar-refractivity contribution is 6.03. The van der Waals surface area contributed by atoms with Gasteiger partial charge in [0, 0.05) is 31.2 Å². The van der Waals surface area contributed by atoms with Crippen molar-refractivity contribution in [2.75, 3.05) is 5.32 Å². The van der Waals surface area contributed by atoms with Gasteiger partial charge in [0.1, 0.15) is 17.2 Å². The summed E-state index contributed by atoms with van der Waals surface area (Å²) in [7, 11) is 1.72. The Morgan fingerprint density at radius 1 is 1.15 bits per heavy atom. The third kappa shape index (κ3) is 2.83. The van der Waals surface area contributed by atoms with Crippen molar-refractivity contribution in [3.63, 3.8) is 0 Å². The Balaban J connectivity index is 1.68. The van der Waals surface area contributed by atoms with E-state index in [9.17, 15) is 9.18 Å². The smallest absolute Gasteiger partial charge is 0.273 e. The van der Waals surface area contributed by atoms with E-state index in [4.69, 9.17) is 0 Å². The first kappa shape index (κ1) is 16.0. The molecule has 3 heterocycles. The lowest BCUT2D eigenvalue weighted by Crippen LogP contribution is -2.17. The maximum absolute atomic E-state index is 13.1. The van der Waals surface area contributed by atoms with Gasteiger partial charge in [-0.3, -0.25) is 9.48 Å². The number of aromatic nitrogens is 4. The van der Waals surface area contributed by atoms with Gasteiger partial charge < -0.3 is 9.72 Å². The number of amides is 1. The maximum atomic E-state index is 13.1. The number of pyridine rings is 1. The molecule has 0 radical (unpaired) electrons. The summed E-state index contributed by atoms with van der Waals surface area (Å²) in [6.07, 6.45) is 5.25. The summed E-state index contributed by atoms with van der Waals surface area (Å²) in [6, 6.07) is 9.75. The monoisotopic (exact) mass is 349 g/mol. The molecule has 26 heavy (non-hydrogen) atoms. The number of imidazole rings is 1. The minimum Gasteiger partial charge on any atom is -0.319 e. The summed E-state index contributed by atoms with van der Waals surface area (Å²) in [5, 5.41) is 6.91. The van der Waals surface area contributed by atoms with Crippen molar-refractivity contribution >= 4 is 17.2 Å². The normalized spacial score (nSPS) is 11.0. The van der Waals surface area contributed by atoms with Crippen molar-refractivity contribution in [2.24, 2.45) is 7.05 Å². The van der Waals surface area contributed by atoms with Gasteiger partial charge in [0.05, 0.1) is 11.4 Å². The van der Waals surface area contributed by atoms with Crippen LogP contribution in [0.2, 0.25) is 0 Å². The SMILES string of the molecule is Cc1cc2nc(-c3ccc(F)cc3)cn2cc1NC(=O)c1ccnn1C. The van der Waals surface area contributed by atoms with Crippen LogP contribution in [0, 0.1) is 12.7 Å². The molecule has 1 N–H and O–H groups in total. The van der Waals surface area contributed by atoms with E-state index in [1.54, 1.807) is 31.4 Å². The highest BCUT2D eigenvalue weighted by Crippen LogP contribution is 2.23. The number of carbonyl (C=O) groups is 1. The minimum atomic E-state index is -0.284. The number of carbonyl (C=O) groups excluding carboxylic acids is 1. The van der Waals surface area contributed by atoms with Crippen molar-refractivity contribution in [3.05, 3.63) is 72.1 Å². The van der Waals surface area contributed by atoms with Gasteiger partial charge in [0.25, 0.3) is 5.91 Å². The number of aryl methyl sites for hydroxylation is 2. The van der Waals surface area contributed by atoms with Gasteiger partial charge in [-0.25, -0.2) is 9.37 Å². The van der Waals surface area contributed by atoms with Crippen molar-refractivity contribution in [1.29, 1.82) is 0 Å². The second-order valence-corrected chi connectivity index (χ2v) is 6.06. The molecule has 0 aliphatic heterocycles. The zero-order valence-corrected chi connectivity index (χ0v) is 14.3. The second kappa shape index (κ2) is 6.11. The van der Waals surface area contributed by atoms with Crippen LogP contribution in [0.1, 0.15) is 16.1 Å². The van der Waals surface area contributed by atoms with Gasteiger partial charge in [-0.2, -0.15) is 5.10 Å². The van der Waals surface area contributed by atoms with Gasteiger partial charge in [-0.1, -0.05) is 0 Å². The molecular formula is C19H16FN5O. The Labute approximate surface area is 148 Å². The molecule has 4 rings (SSSR count). The fraction of sp³-hybridized carbons (Fsp3) is 0.105. The lowest BCUT2D eigenvalue weighted by Gasteiger charge is -2.09. The Bertz CT molecular complexity index is 1110. The number of benzene rings is 1. The highest BCUT2D eigenvalue weighted by Gasteiger charge is 2.13. The molecule has 0 atom stereocenters. The number of nitrogens with one attached hydrogen (secondary N) is 1. The van der Waals surface area contributed by atoms with Crippen LogP contribution in [0.5, 0.6) is 0 Å². The largest absolute Gasteiger partial charge is 0.319 e. The minimum absolute atomic E-state index is 0.230. The number of hydrogen-bond donors (Lipinski definition) is 1. The second-order valence-electron chi connectivity index (χ2n) is 6.06. The van der Waals surface area contributed by atoms with Crippen molar-refractivity contribution in [3.8, 4) is 11.3 Å². The molecule has 1 amide bonds. The number of nitrogens with zero attached hydrogens (tertiary/aromatic N) is 4. The average molecular weight is 349 g/mol. The third-order valence-electron chi connectivity index (χ3n) is 4.24. The van der Waals surface area contributed by atoms with Crippen molar-refractivity contribution < 1.29 is 9.18 Å². The van der Waals surface area contributed by atoms with Crippen LogP contribution >= 0.6 is 0 Å². The molecule has 7 heteroatoms. The first-order valence-corrected chi connectivity index (χ1v) is 8.06. The standard InChI is InChI=1S/C19H16FN5O/c1-12-9-18-22-16(13-3-5-14(20)6-4-13)11-25(18)10-15(12)23-19(26)17-7-8-21-24(17)2/h3-11H,1-2H3,(H,23,26). The lowest BCUT2D eigenvalue weighted by molar-refractivity contribution is 0.101. The van der Waals surface area contributed by atoms with E-state index in [0.717, 1.165) is 22.5 Å². The summed E-state index contributed by atoms with van der Waals surface area (Å²) < 4.78 is 16.5. The van der Waals surface area contributed by atoms with Gasteiger partial charge >= 0.3 is 0 Å². The number of rotatable bonds is 3. The molecule has 0 unspecified atom stereocenters. The Morgan fingerprint density at radius 3 is 2.62 bits per heavy atom. The molecule has 6 nitrogen and oxygen atoms in total. The quantitative estimate of drug-likeness (QED) is 0.616. The number of anilines is 1. The molecule has 0 saturated carbocycles. The third-order valence-corrected chi connectivity index (χ3v) is 4.24. The van der Waals surface area contributed by atoms with Gasteiger partial charge in [-0.15, -0.1) is 0 Å². The highest BCUT2D eigenvalue weighted by atomic mass is 19.1. The first-order chi connectivity index (χ1) is 12.5. The van der Waals surface area contributed by atoms with Gasteiger partial charge in [-0.05, 0) is 48.9 Å². The van der Waals surface area contributed by atoms with Crippen LogP contribution in [0.15, 0.2) is 55.0 Å². The summed E-state index contributed by atoms with van der Waals surface area (Å²) >= 11 is 0. The number of hydrogen-bond acceptors (Lipinski definition) is 3. The molecule has 0 bridgehead atoms. The van der Waals surface area contributed by atoms with E-state index in [-0.39, 0.29) is 11.7 Å². The van der Waals surface area contributed by atoms with E-state index in [2.05, 4.69) is 15.4 Å². The van der Waals surface area contributed by atoms with E-state index in [1.807, 2.05) is 29.8 Å². The molecular weight excluding hydrogens is 333 g/mol. The fourth-order valence-corrected chi connectivity index (χ4v) is 2.80. The Morgan fingerprint density at radius 2 is 1.92 bits per heavy atom. The molecule has 3 aromatic heterocycles. The van der Waals surface area contributed by atoms with Gasteiger partial charge in [0.15, 0.2) is 0 Å². The number of fused-ring (bicyclic) bond motifs is 1. The summed E-state index contributed by atoms with van der Waals surface area (Å²) in [4.78, 5) is 17.0. The van der Waals surface area contributed by atoms with Crippen molar-refractivity contribution in [2.45, 2.75) is 6.92 Å². The predicted molar refractivity (Wildman–Crippen MR) is 96.5 cm³/mol. The molecule has 0 aliphatic rings. The predicted octanol–water partition coefficient (Wildman–Crippen LogP) is 3.43. The van der Waals surface area contributed by atoms with Crippen LogP contribution in [0.3, 0.4) is 0 Å². The molecule has 0 aliphatic carbocycles. The van der Waals surface area contributed by atoms with Crippen LogP contribution in [-0.2, 0) is 7.05 Å². The fourth-order valence-electron chi connectivity index (χ4n) is 2.80. The molecule has 1 aromatic carbocycles. The van der Waals surface area contributed by atoms with Crippen LogP contribution in [0.4, 0.5) is 10.1 Å². The van der Waals surface area contributed by atoms with E-state index in [1.165, 1.54) is 16.8 Å². The van der Waals surface area contributed by atoms with E-state index >= 15 is 0 Å². The summed E-state index contributed by atoms with van der Waals surface area (Å²) in [5.41, 5.74) is 4.37. The number of halogens is 1. The zero-order chi connectivity index (χ0) is 18.3. The molecule has 4 aromatic rings. The van der Waals surface area contributed by atoms with Crippen LogP contribution in [-0.4, -0.2) is 25.1 Å². The maximum Gasteiger partial charge on any atom is 0.273 e. The van der Waals surface area contributed by atoms with E-state index in [0.29, 0.717) is 11.4 Å². The summed E-state index contributed by atoms with van der Waals surface area (Å²) in [5.74, 6) is -0.514. The van der Waals surface area contributed by atoms with Crippen LogP contribution in [0.25, 0.3) is 16.9 Å². The van der Waals surface area contributed by atoms with Crippen LogP contribution < -0.4 is 5.32 Å². The molecule has 130 valence electrons. The average Bonchev–Trinajstić information content (AvgIpc) is 3.21. The summed E-state index contributed by atoms with van der Waals surface area (Å²) in [6.45, 7) is 1.91. The van der Waals surface area contributed by atoms with Crippen molar-refractivity contribution in [1.82, 2.24) is 19.2 Å². The zero-order valence-electron chi connectivity index (χ0n) is 14.3. The molecule has 0 saturated heterocycles. The topological polar surface area (TPSA) is 64.2 Å². The van der Waals surface area contributed by atoms with E-state index < -0.39 is 0 Å².